The topological polar surface area (TPSA) is 72.7 Å². The lowest BCUT2D eigenvalue weighted by atomic mass is 10.1. The molecule has 2 N–H and O–H groups in total. The van der Waals surface area contributed by atoms with Gasteiger partial charge in [0.1, 0.15) is 0 Å². The van der Waals surface area contributed by atoms with Gasteiger partial charge in [0.15, 0.2) is 5.96 Å². The van der Waals surface area contributed by atoms with Crippen molar-refractivity contribution in [2.24, 2.45) is 10.9 Å². The summed E-state index contributed by atoms with van der Waals surface area (Å²) in [5.74, 6) is 1.46. The zero-order valence-corrected chi connectivity index (χ0v) is 19.0. The highest BCUT2D eigenvalue weighted by Crippen LogP contribution is 2.14. The SMILES string of the molecule is CCNC(=NCCCc1cn(-c2ccccc2)nc1C)NCCCOCC1CCOC1. The van der Waals surface area contributed by atoms with E-state index in [1.807, 2.05) is 22.9 Å². The summed E-state index contributed by atoms with van der Waals surface area (Å²) in [6, 6.07) is 10.2. The maximum atomic E-state index is 5.76. The molecule has 2 heterocycles. The van der Waals surface area contributed by atoms with E-state index in [-0.39, 0.29) is 0 Å². The van der Waals surface area contributed by atoms with Crippen LogP contribution in [0.1, 0.15) is 37.4 Å². The number of hydrogen-bond donors (Lipinski definition) is 2. The van der Waals surface area contributed by atoms with Gasteiger partial charge < -0.3 is 20.1 Å². The number of para-hydroxylation sites is 1. The Hall–Kier alpha value is -2.38. The van der Waals surface area contributed by atoms with Gasteiger partial charge in [-0.15, -0.1) is 0 Å². The largest absolute Gasteiger partial charge is 0.381 e. The van der Waals surface area contributed by atoms with Gasteiger partial charge in [0.2, 0.25) is 0 Å². The highest BCUT2D eigenvalue weighted by atomic mass is 16.5. The van der Waals surface area contributed by atoms with Gasteiger partial charge in [-0.3, -0.25) is 4.99 Å². The summed E-state index contributed by atoms with van der Waals surface area (Å²) < 4.78 is 13.1. The molecule has 7 heteroatoms. The number of aliphatic imine (C=N–C) groups is 1. The molecule has 1 aliphatic heterocycles. The summed E-state index contributed by atoms with van der Waals surface area (Å²) in [7, 11) is 0. The molecule has 7 nitrogen and oxygen atoms in total. The smallest absolute Gasteiger partial charge is 0.191 e. The Kier molecular flexibility index (Phi) is 9.86. The van der Waals surface area contributed by atoms with E-state index in [0.717, 1.165) is 89.1 Å². The molecule has 1 fully saturated rings. The number of guanidine groups is 1. The van der Waals surface area contributed by atoms with Crippen LogP contribution >= 0.6 is 0 Å². The fraction of sp³-hybridized carbons (Fsp3) is 0.583. The van der Waals surface area contributed by atoms with E-state index in [4.69, 9.17) is 14.5 Å². The van der Waals surface area contributed by atoms with Crippen molar-refractivity contribution < 1.29 is 9.47 Å². The maximum absolute atomic E-state index is 5.76. The molecule has 0 spiro atoms. The summed E-state index contributed by atoms with van der Waals surface area (Å²) >= 11 is 0. The molecule has 0 saturated carbocycles. The zero-order chi connectivity index (χ0) is 21.7. The third-order valence-corrected chi connectivity index (χ3v) is 5.38. The number of hydrogen-bond acceptors (Lipinski definition) is 4. The van der Waals surface area contributed by atoms with Crippen LogP contribution in [-0.4, -0.2) is 61.8 Å². The quantitative estimate of drug-likeness (QED) is 0.309. The summed E-state index contributed by atoms with van der Waals surface area (Å²) in [6.45, 7) is 9.97. The molecule has 1 aromatic heterocycles. The molecule has 0 bridgehead atoms. The van der Waals surface area contributed by atoms with Gasteiger partial charge >= 0.3 is 0 Å². The molecule has 1 aliphatic rings. The second kappa shape index (κ2) is 13.1. The van der Waals surface area contributed by atoms with E-state index in [9.17, 15) is 0 Å². The standard InChI is InChI=1S/C24H37N5O2/c1-3-25-24(27-14-8-15-30-18-21-12-16-31-19-21)26-13-7-9-22-17-29(28-20(22)2)23-10-5-4-6-11-23/h4-6,10-11,17,21H,3,7-9,12-16,18-19H2,1-2H3,(H2,25,26,27). The van der Waals surface area contributed by atoms with E-state index >= 15 is 0 Å². The lowest BCUT2D eigenvalue weighted by Crippen LogP contribution is -2.38. The second-order valence-electron chi connectivity index (χ2n) is 7.97. The van der Waals surface area contributed by atoms with E-state index in [0.29, 0.717) is 5.92 Å². The van der Waals surface area contributed by atoms with E-state index in [1.54, 1.807) is 0 Å². The second-order valence-corrected chi connectivity index (χ2v) is 7.97. The predicted octanol–water partition coefficient (Wildman–Crippen LogP) is 3.11. The van der Waals surface area contributed by atoms with Crippen LogP contribution in [0.5, 0.6) is 0 Å². The number of aromatic nitrogens is 2. The van der Waals surface area contributed by atoms with Gasteiger partial charge in [0.25, 0.3) is 0 Å². The van der Waals surface area contributed by atoms with Gasteiger partial charge in [0.05, 0.1) is 24.6 Å². The minimum absolute atomic E-state index is 0.579. The van der Waals surface area contributed by atoms with Crippen molar-refractivity contribution in [3.05, 3.63) is 47.8 Å². The van der Waals surface area contributed by atoms with E-state index in [2.05, 4.69) is 47.9 Å². The Morgan fingerprint density at radius 1 is 1.26 bits per heavy atom. The molecule has 1 unspecified atom stereocenters. The maximum Gasteiger partial charge on any atom is 0.191 e. The van der Waals surface area contributed by atoms with Crippen LogP contribution in [0.3, 0.4) is 0 Å². The molecular formula is C24H37N5O2. The molecule has 0 radical (unpaired) electrons. The monoisotopic (exact) mass is 427 g/mol. The average Bonchev–Trinajstić information content (AvgIpc) is 3.44. The number of ether oxygens (including phenoxy) is 2. The Labute approximate surface area is 186 Å². The van der Waals surface area contributed by atoms with Crippen LogP contribution in [0.15, 0.2) is 41.5 Å². The average molecular weight is 428 g/mol. The van der Waals surface area contributed by atoms with Gasteiger partial charge in [-0.1, -0.05) is 18.2 Å². The Morgan fingerprint density at radius 3 is 2.90 bits per heavy atom. The number of rotatable bonds is 12. The Morgan fingerprint density at radius 2 is 2.13 bits per heavy atom. The highest BCUT2D eigenvalue weighted by Gasteiger charge is 2.15. The molecule has 170 valence electrons. The number of nitrogens with one attached hydrogen (secondary N) is 2. The van der Waals surface area contributed by atoms with Crippen molar-refractivity contribution >= 4 is 5.96 Å². The summed E-state index contributed by atoms with van der Waals surface area (Å²) in [4.78, 5) is 4.71. The highest BCUT2D eigenvalue weighted by molar-refractivity contribution is 5.79. The number of nitrogens with zero attached hydrogens (tertiary/aromatic N) is 3. The first-order valence-electron chi connectivity index (χ1n) is 11.5. The first kappa shape index (κ1) is 23.3. The van der Waals surface area contributed by atoms with Crippen molar-refractivity contribution in [3.8, 4) is 5.69 Å². The lowest BCUT2D eigenvalue weighted by Gasteiger charge is -2.12. The Balaban J connectivity index is 1.35. The van der Waals surface area contributed by atoms with Crippen LogP contribution in [-0.2, 0) is 15.9 Å². The third-order valence-electron chi connectivity index (χ3n) is 5.38. The first-order valence-corrected chi connectivity index (χ1v) is 11.5. The van der Waals surface area contributed by atoms with Crippen LogP contribution in [0.2, 0.25) is 0 Å². The first-order chi connectivity index (χ1) is 15.3. The zero-order valence-electron chi connectivity index (χ0n) is 19.0. The predicted molar refractivity (Wildman–Crippen MR) is 125 cm³/mol. The molecule has 1 saturated heterocycles. The minimum Gasteiger partial charge on any atom is -0.381 e. The van der Waals surface area contributed by atoms with Crippen LogP contribution in [0.4, 0.5) is 0 Å². The molecule has 3 rings (SSSR count). The molecule has 1 atom stereocenters. The van der Waals surface area contributed by atoms with Gasteiger partial charge in [-0.25, -0.2) is 4.68 Å². The van der Waals surface area contributed by atoms with E-state index < -0.39 is 0 Å². The van der Waals surface area contributed by atoms with Gasteiger partial charge in [-0.2, -0.15) is 5.10 Å². The van der Waals surface area contributed by atoms with E-state index in [1.165, 1.54) is 5.56 Å². The van der Waals surface area contributed by atoms with Crippen LogP contribution in [0, 0.1) is 12.8 Å². The van der Waals surface area contributed by atoms with Gasteiger partial charge in [0, 0.05) is 45.0 Å². The van der Waals surface area contributed by atoms with Gasteiger partial charge in [-0.05, 0) is 57.2 Å². The van der Waals surface area contributed by atoms with Crippen LogP contribution < -0.4 is 10.6 Å². The number of aryl methyl sites for hydroxylation is 2. The normalized spacial score (nSPS) is 16.6. The molecule has 31 heavy (non-hydrogen) atoms. The van der Waals surface area contributed by atoms with Crippen molar-refractivity contribution in [1.29, 1.82) is 0 Å². The summed E-state index contributed by atoms with van der Waals surface area (Å²) in [5, 5.41) is 11.4. The number of benzene rings is 1. The summed E-state index contributed by atoms with van der Waals surface area (Å²) in [5.41, 5.74) is 3.46. The van der Waals surface area contributed by atoms with Crippen LogP contribution in [0.25, 0.3) is 5.69 Å². The lowest BCUT2D eigenvalue weighted by molar-refractivity contribution is 0.0888. The molecule has 1 aromatic carbocycles. The van der Waals surface area contributed by atoms with Crippen molar-refractivity contribution in [2.75, 3.05) is 46.1 Å². The summed E-state index contributed by atoms with van der Waals surface area (Å²) in [6.07, 6.45) is 6.19. The molecule has 0 aliphatic carbocycles. The van der Waals surface area contributed by atoms with Crippen molar-refractivity contribution in [1.82, 2.24) is 20.4 Å². The van der Waals surface area contributed by atoms with Crippen molar-refractivity contribution in [2.45, 2.75) is 39.5 Å². The van der Waals surface area contributed by atoms with Crippen molar-refractivity contribution in [3.63, 3.8) is 0 Å². The fourth-order valence-electron chi connectivity index (χ4n) is 3.60. The molecule has 0 amide bonds. The fourth-order valence-corrected chi connectivity index (χ4v) is 3.60. The third kappa shape index (κ3) is 7.99. The molecular weight excluding hydrogens is 390 g/mol. The molecule has 2 aromatic rings. The Bertz CT molecular complexity index is 785. The minimum atomic E-state index is 0.579.